The Bertz CT molecular complexity index is 433. The first-order valence-corrected chi connectivity index (χ1v) is 6.36. The Hall–Kier alpha value is -1.13. The molecule has 0 bridgehead atoms. The molecule has 5 heteroatoms. The second-order valence-corrected chi connectivity index (χ2v) is 5.08. The van der Waals surface area contributed by atoms with Gasteiger partial charge in [-0.05, 0) is 57.0 Å². The lowest BCUT2D eigenvalue weighted by Crippen LogP contribution is -2.40. The number of anilines is 1. The van der Waals surface area contributed by atoms with Gasteiger partial charge in [-0.1, -0.05) is 0 Å². The van der Waals surface area contributed by atoms with Crippen LogP contribution in [0, 0.1) is 18.7 Å². The van der Waals surface area contributed by atoms with Gasteiger partial charge in [0, 0.05) is 17.6 Å². The van der Waals surface area contributed by atoms with Gasteiger partial charge < -0.3 is 10.6 Å². The molecule has 2 atom stereocenters. The van der Waals surface area contributed by atoms with Gasteiger partial charge >= 0.3 is 0 Å². The number of halogens is 2. The maximum absolute atomic E-state index is 13.2. The van der Waals surface area contributed by atoms with Crippen LogP contribution < -0.4 is 10.6 Å². The predicted molar refractivity (Wildman–Crippen MR) is 77.2 cm³/mol. The standard InChI is InChI=1S/C14H19FN2O.ClH/c1-9-5-12(15)8-13(6-9)17-14(18)11-3-4-16-10(2)7-11;/h5-6,8,10-11,16H,3-4,7H2,1-2H3,(H,17,18);1H/t10-,11-;/m0./s1. The fourth-order valence-corrected chi connectivity index (χ4v) is 2.42. The Morgan fingerprint density at radius 2 is 2.16 bits per heavy atom. The number of rotatable bonds is 2. The lowest BCUT2D eigenvalue weighted by atomic mass is 9.92. The second kappa shape index (κ2) is 6.87. The molecule has 1 heterocycles. The van der Waals surface area contributed by atoms with Gasteiger partial charge in [0.1, 0.15) is 5.82 Å². The van der Waals surface area contributed by atoms with Crippen LogP contribution in [0.5, 0.6) is 0 Å². The Morgan fingerprint density at radius 1 is 1.42 bits per heavy atom. The van der Waals surface area contributed by atoms with Gasteiger partial charge in [-0.3, -0.25) is 4.79 Å². The highest BCUT2D eigenvalue weighted by molar-refractivity contribution is 5.92. The van der Waals surface area contributed by atoms with Crippen LogP contribution >= 0.6 is 12.4 Å². The highest BCUT2D eigenvalue weighted by atomic mass is 35.5. The van der Waals surface area contributed by atoms with Crippen LogP contribution in [0.4, 0.5) is 10.1 Å². The van der Waals surface area contributed by atoms with Gasteiger partial charge in [0.25, 0.3) is 0 Å². The average molecular weight is 287 g/mol. The van der Waals surface area contributed by atoms with Crippen molar-refractivity contribution in [3.05, 3.63) is 29.6 Å². The predicted octanol–water partition coefficient (Wildman–Crippen LogP) is 2.88. The fraction of sp³-hybridized carbons (Fsp3) is 0.500. The molecule has 0 spiro atoms. The minimum absolute atomic E-state index is 0. The molecule has 19 heavy (non-hydrogen) atoms. The van der Waals surface area contributed by atoms with Crippen molar-refractivity contribution in [1.82, 2.24) is 5.32 Å². The van der Waals surface area contributed by atoms with Crippen molar-refractivity contribution in [1.29, 1.82) is 0 Å². The summed E-state index contributed by atoms with van der Waals surface area (Å²) >= 11 is 0. The molecule has 3 nitrogen and oxygen atoms in total. The zero-order chi connectivity index (χ0) is 13.1. The number of amides is 1. The van der Waals surface area contributed by atoms with E-state index in [0.29, 0.717) is 11.7 Å². The monoisotopic (exact) mass is 286 g/mol. The van der Waals surface area contributed by atoms with Gasteiger partial charge in [0.05, 0.1) is 0 Å². The summed E-state index contributed by atoms with van der Waals surface area (Å²) in [5.41, 5.74) is 1.35. The summed E-state index contributed by atoms with van der Waals surface area (Å²) in [5, 5.41) is 6.12. The fourth-order valence-electron chi connectivity index (χ4n) is 2.42. The summed E-state index contributed by atoms with van der Waals surface area (Å²) < 4.78 is 13.2. The van der Waals surface area contributed by atoms with Gasteiger partial charge in [0.2, 0.25) is 5.91 Å². The zero-order valence-electron chi connectivity index (χ0n) is 11.2. The molecule has 1 aliphatic rings. The Labute approximate surface area is 119 Å². The number of hydrogen-bond donors (Lipinski definition) is 2. The van der Waals surface area contributed by atoms with Gasteiger partial charge in [0.15, 0.2) is 0 Å². The van der Waals surface area contributed by atoms with E-state index in [-0.39, 0.29) is 30.0 Å². The molecule has 1 aromatic carbocycles. The van der Waals surface area contributed by atoms with E-state index in [0.717, 1.165) is 24.9 Å². The maximum Gasteiger partial charge on any atom is 0.227 e. The lowest BCUT2D eigenvalue weighted by molar-refractivity contribution is -0.120. The van der Waals surface area contributed by atoms with Crippen LogP contribution in [0.15, 0.2) is 18.2 Å². The van der Waals surface area contributed by atoms with E-state index >= 15 is 0 Å². The first kappa shape index (κ1) is 15.9. The van der Waals surface area contributed by atoms with E-state index in [4.69, 9.17) is 0 Å². The third-order valence-electron chi connectivity index (χ3n) is 3.30. The molecule has 2 rings (SSSR count). The average Bonchev–Trinajstić information content (AvgIpc) is 2.27. The van der Waals surface area contributed by atoms with Crippen molar-refractivity contribution < 1.29 is 9.18 Å². The molecule has 0 radical (unpaired) electrons. The summed E-state index contributed by atoms with van der Waals surface area (Å²) in [5.74, 6) is -0.304. The van der Waals surface area contributed by atoms with E-state index in [9.17, 15) is 9.18 Å². The minimum atomic E-state index is -0.316. The Kier molecular flexibility index (Phi) is 5.76. The maximum atomic E-state index is 13.2. The van der Waals surface area contributed by atoms with Gasteiger partial charge in [-0.25, -0.2) is 4.39 Å². The lowest BCUT2D eigenvalue weighted by Gasteiger charge is -2.27. The van der Waals surface area contributed by atoms with Crippen LogP contribution in [0.1, 0.15) is 25.3 Å². The van der Waals surface area contributed by atoms with Crippen molar-refractivity contribution in [3.8, 4) is 0 Å². The van der Waals surface area contributed by atoms with E-state index in [2.05, 4.69) is 17.6 Å². The molecule has 1 aliphatic heterocycles. The first-order chi connectivity index (χ1) is 8.54. The van der Waals surface area contributed by atoms with Crippen molar-refractivity contribution in [2.24, 2.45) is 5.92 Å². The third-order valence-corrected chi connectivity index (χ3v) is 3.30. The highest BCUT2D eigenvalue weighted by Crippen LogP contribution is 2.19. The zero-order valence-corrected chi connectivity index (χ0v) is 12.0. The molecular formula is C14H20ClFN2O. The van der Waals surface area contributed by atoms with Crippen molar-refractivity contribution in [2.75, 3.05) is 11.9 Å². The van der Waals surface area contributed by atoms with Crippen LogP contribution in [0.2, 0.25) is 0 Å². The molecule has 2 N–H and O–H groups in total. The number of carbonyl (C=O) groups excluding carboxylic acids is 1. The number of nitrogens with one attached hydrogen (secondary N) is 2. The number of aryl methyl sites for hydroxylation is 1. The minimum Gasteiger partial charge on any atom is -0.326 e. The molecule has 1 saturated heterocycles. The molecule has 0 saturated carbocycles. The van der Waals surface area contributed by atoms with E-state index in [1.165, 1.54) is 12.1 Å². The van der Waals surface area contributed by atoms with Crippen molar-refractivity contribution >= 4 is 24.0 Å². The summed E-state index contributed by atoms with van der Waals surface area (Å²) in [4.78, 5) is 12.1. The van der Waals surface area contributed by atoms with Crippen LogP contribution in [-0.4, -0.2) is 18.5 Å². The van der Waals surface area contributed by atoms with E-state index in [1.807, 2.05) is 6.92 Å². The molecular weight excluding hydrogens is 267 g/mol. The molecule has 106 valence electrons. The van der Waals surface area contributed by atoms with Crippen molar-refractivity contribution in [3.63, 3.8) is 0 Å². The van der Waals surface area contributed by atoms with E-state index in [1.54, 1.807) is 6.07 Å². The van der Waals surface area contributed by atoms with E-state index < -0.39 is 0 Å². The SMILES string of the molecule is Cc1cc(F)cc(NC(=O)[C@H]2CCN[C@@H](C)C2)c1.Cl. The number of piperidine rings is 1. The quantitative estimate of drug-likeness (QED) is 0.878. The van der Waals surface area contributed by atoms with Gasteiger partial charge in [-0.2, -0.15) is 0 Å². The summed E-state index contributed by atoms with van der Waals surface area (Å²) in [7, 11) is 0. The smallest absolute Gasteiger partial charge is 0.227 e. The van der Waals surface area contributed by atoms with Crippen LogP contribution in [-0.2, 0) is 4.79 Å². The summed E-state index contributed by atoms with van der Waals surface area (Å²) in [6.45, 7) is 4.75. The van der Waals surface area contributed by atoms with Crippen LogP contribution in [0.25, 0.3) is 0 Å². The second-order valence-electron chi connectivity index (χ2n) is 5.08. The molecule has 0 unspecified atom stereocenters. The topological polar surface area (TPSA) is 41.1 Å². The van der Waals surface area contributed by atoms with Crippen molar-refractivity contribution in [2.45, 2.75) is 32.7 Å². The number of benzene rings is 1. The first-order valence-electron chi connectivity index (χ1n) is 6.36. The molecule has 0 aliphatic carbocycles. The molecule has 0 aromatic heterocycles. The number of hydrogen-bond acceptors (Lipinski definition) is 2. The normalized spacial score (nSPS) is 22.5. The molecule has 1 amide bonds. The van der Waals surface area contributed by atoms with Gasteiger partial charge in [-0.15, -0.1) is 12.4 Å². The number of carbonyl (C=O) groups is 1. The molecule has 1 fully saturated rings. The summed E-state index contributed by atoms with van der Waals surface area (Å²) in [6.07, 6.45) is 1.67. The van der Waals surface area contributed by atoms with Crippen LogP contribution in [0.3, 0.4) is 0 Å². The summed E-state index contributed by atoms with van der Waals surface area (Å²) in [6, 6.07) is 4.95. The largest absolute Gasteiger partial charge is 0.326 e. The molecule has 1 aromatic rings. The highest BCUT2D eigenvalue weighted by Gasteiger charge is 2.24. The Morgan fingerprint density at radius 3 is 2.79 bits per heavy atom. The Balaban J connectivity index is 0.00000180. The third kappa shape index (κ3) is 4.48.